The Kier molecular flexibility index (Phi) is 6.58. The van der Waals surface area contributed by atoms with Crippen LogP contribution in [0.4, 0.5) is 11.5 Å². The summed E-state index contributed by atoms with van der Waals surface area (Å²) in [7, 11) is 0. The zero-order chi connectivity index (χ0) is 15.8. The van der Waals surface area contributed by atoms with Crippen molar-refractivity contribution in [3.8, 4) is 0 Å². The van der Waals surface area contributed by atoms with Gasteiger partial charge in [-0.05, 0) is 19.8 Å². The third kappa shape index (κ3) is 4.70. The molecular formula is C14H22N4O3. The third-order valence-corrected chi connectivity index (χ3v) is 3.14. The number of carbonyl (C=O) groups excluding carboxylic acids is 1. The van der Waals surface area contributed by atoms with Crippen molar-refractivity contribution in [1.82, 2.24) is 10.3 Å². The van der Waals surface area contributed by atoms with E-state index in [-0.39, 0.29) is 23.2 Å². The molecule has 1 aromatic rings. The maximum absolute atomic E-state index is 12.3. The summed E-state index contributed by atoms with van der Waals surface area (Å²) in [5.41, 5.74) is 0.0194. The zero-order valence-corrected chi connectivity index (χ0v) is 12.7. The molecule has 0 bridgehead atoms. The first-order valence-corrected chi connectivity index (χ1v) is 7.22. The zero-order valence-electron chi connectivity index (χ0n) is 12.7. The van der Waals surface area contributed by atoms with Gasteiger partial charge in [0, 0.05) is 18.7 Å². The molecule has 0 aliphatic heterocycles. The van der Waals surface area contributed by atoms with Gasteiger partial charge in [-0.1, -0.05) is 20.3 Å². The molecule has 1 aromatic heterocycles. The molecule has 7 heteroatoms. The Labute approximate surface area is 124 Å². The minimum absolute atomic E-state index is 0.0660. The summed E-state index contributed by atoms with van der Waals surface area (Å²) in [6, 6.07) is 1.33. The summed E-state index contributed by atoms with van der Waals surface area (Å²) in [5.74, 6) is 0.0365. The van der Waals surface area contributed by atoms with Gasteiger partial charge in [-0.25, -0.2) is 4.98 Å². The summed E-state index contributed by atoms with van der Waals surface area (Å²) < 4.78 is 0. The molecule has 1 heterocycles. The van der Waals surface area contributed by atoms with Gasteiger partial charge in [0.2, 0.25) is 0 Å². The smallest absolute Gasteiger partial charge is 0.288 e. The van der Waals surface area contributed by atoms with Crippen LogP contribution in [-0.2, 0) is 0 Å². The van der Waals surface area contributed by atoms with Gasteiger partial charge in [0.25, 0.3) is 11.6 Å². The van der Waals surface area contributed by atoms with E-state index >= 15 is 0 Å². The Morgan fingerprint density at radius 3 is 2.67 bits per heavy atom. The lowest BCUT2D eigenvalue weighted by Gasteiger charge is -2.17. The lowest BCUT2D eigenvalue weighted by molar-refractivity contribution is -0.385. The number of amides is 1. The molecular weight excluding hydrogens is 272 g/mol. The predicted octanol–water partition coefficient (Wildman–Crippen LogP) is 2.73. The van der Waals surface area contributed by atoms with E-state index in [1.54, 1.807) is 0 Å². The van der Waals surface area contributed by atoms with Crippen molar-refractivity contribution >= 4 is 17.4 Å². The number of aromatic nitrogens is 1. The van der Waals surface area contributed by atoms with Gasteiger partial charge >= 0.3 is 0 Å². The molecule has 0 aliphatic rings. The normalized spacial score (nSPS) is 11.8. The van der Waals surface area contributed by atoms with Crippen LogP contribution in [0.15, 0.2) is 12.3 Å². The molecule has 0 saturated heterocycles. The number of nitrogens with zero attached hydrogens (tertiary/aromatic N) is 2. The fraction of sp³-hybridized carbons (Fsp3) is 0.571. The van der Waals surface area contributed by atoms with Gasteiger partial charge in [-0.3, -0.25) is 14.9 Å². The van der Waals surface area contributed by atoms with Gasteiger partial charge in [-0.2, -0.15) is 0 Å². The van der Waals surface area contributed by atoms with Crippen LogP contribution in [0.25, 0.3) is 0 Å². The number of nitro groups is 1. The Bertz CT molecular complexity index is 505. The van der Waals surface area contributed by atoms with E-state index in [1.165, 1.54) is 6.07 Å². The molecule has 7 nitrogen and oxygen atoms in total. The highest BCUT2D eigenvalue weighted by Gasteiger charge is 2.19. The predicted molar refractivity (Wildman–Crippen MR) is 81.5 cm³/mol. The van der Waals surface area contributed by atoms with Crippen LogP contribution in [0, 0.1) is 10.1 Å². The fourth-order valence-electron chi connectivity index (χ4n) is 2.02. The van der Waals surface area contributed by atoms with Crippen LogP contribution in [0.5, 0.6) is 0 Å². The topological polar surface area (TPSA) is 97.2 Å². The number of rotatable bonds is 8. The van der Waals surface area contributed by atoms with E-state index in [4.69, 9.17) is 0 Å². The average Bonchev–Trinajstić information content (AvgIpc) is 2.47. The molecule has 116 valence electrons. The molecule has 1 rings (SSSR count). The second-order valence-electron chi connectivity index (χ2n) is 4.74. The molecule has 0 aliphatic carbocycles. The van der Waals surface area contributed by atoms with Crippen molar-refractivity contribution in [2.24, 2.45) is 0 Å². The Morgan fingerprint density at radius 2 is 2.14 bits per heavy atom. The minimum atomic E-state index is -0.553. The Balaban J connectivity index is 3.03. The number of pyridine rings is 1. The highest BCUT2D eigenvalue weighted by Crippen LogP contribution is 2.19. The first-order chi connectivity index (χ1) is 10.0. The highest BCUT2D eigenvalue weighted by atomic mass is 16.6. The minimum Gasteiger partial charge on any atom is -0.370 e. The maximum Gasteiger partial charge on any atom is 0.288 e. The molecule has 0 aromatic carbocycles. The number of nitrogens with one attached hydrogen (secondary N) is 2. The van der Waals surface area contributed by atoms with Gasteiger partial charge in [0.1, 0.15) is 12.0 Å². The summed E-state index contributed by atoms with van der Waals surface area (Å²) in [6.07, 6.45) is 3.81. The first-order valence-electron chi connectivity index (χ1n) is 7.22. The van der Waals surface area contributed by atoms with Crippen molar-refractivity contribution in [3.05, 3.63) is 27.9 Å². The molecule has 2 N–H and O–H groups in total. The van der Waals surface area contributed by atoms with Crippen LogP contribution >= 0.6 is 0 Å². The lowest BCUT2D eigenvalue weighted by Crippen LogP contribution is -2.34. The average molecular weight is 294 g/mol. The fourth-order valence-corrected chi connectivity index (χ4v) is 2.02. The van der Waals surface area contributed by atoms with E-state index in [1.807, 2.05) is 20.8 Å². The molecule has 21 heavy (non-hydrogen) atoms. The molecule has 1 amide bonds. The van der Waals surface area contributed by atoms with Crippen LogP contribution in [0.1, 0.15) is 50.4 Å². The number of anilines is 1. The summed E-state index contributed by atoms with van der Waals surface area (Å²) >= 11 is 0. The molecule has 0 fully saturated rings. The van der Waals surface area contributed by atoms with Gasteiger partial charge in [0.05, 0.1) is 10.5 Å². The van der Waals surface area contributed by atoms with Crippen molar-refractivity contribution < 1.29 is 9.72 Å². The molecule has 1 unspecified atom stereocenters. The Hall–Kier alpha value is -2.18. The van der Waals surface area contributed by atoms with Gasteiger partial charge in [-0.15, -0.1) is 0 Å². The van der Waals surface area contributed by atoms with Crippen LogP contribution < -0.4 is 10.6 Å². The molecule has 0 spiro atoms. The second-order valence-corrected chi connectivity index (χ2v) is 4.74. The summed E-state index contributed by atoms with van der Waals surface area (Å²) in [5, 5.41) is 16.7. The second kappa shape index (κ2) is 8.18. The summed E-state index contributed by atoms with van der Waals surface area (Å²) in [4.78, 5) is 26.6. The van der Waals surface area contributed by atoms with Crippen LogP contribution in [0.2, 0.25) is 0 Å². The van der Waals surface area contributed by atoms with E-state index in [9.17, 15) is 14.9 Å². The van der Waals surface area contributed by atoms with Crippen LogP contribution in [0.3, 0.4) is 0 Å². The maximum atomic E-state index is 12.3. The first kappa shape index (κ1) is 16.9. The van der Waals surface area contributed by atoms with Crippen molar-refractivity contribution in [2.75, 3.05) is 11.9 Å². The standard InChI is InChI=1S/C14H22N4O3/c1-4-7-10(5-2)17-14(19)12-8-11(18(20)21)9-16-13(12)15-6-3/h8-10H,4-7H2,1-3H3,(H,15,16)(H,17,19). The van der Waals surface area contributed by atoms with Crippen molar-refractivity contribution in [3.63, 3.8) is 0 Å². The summed E-state index contributed by atoms with van der Waals surface area (Å²) in [6.45, 7) is 6.50. The van der Waals surface area contributed by atoms with E-state index in [0.29, 0.717) is 12.4 Å². The monoisotopic (exact) mass is 294 g/mol. The van der Waals surface area contributed by atoms with Gasteiger partial charge < -0.3 is 10.6 Å². The van der Waals surface area contributed by atoms with E-state index in [0.717, 1.165) is 25.5 Å². The molecule has 0 radical (unpaired) electrons. The lowest BCUT2D eigenvalue weighted by atomic mass is 10.1. The molecule has 1 atom stereocenters. The highest BCUT2D eigenvalue weighted by molar-refractivity contribution is 5.99. The third-order valence-electron chi connectivity index (χ3n) is 3.14. The van der Waals surface area contributed by atoms with E-state index in [2.05, 4.69) is 15.6 Å². The van der Waals surface area contributed by atoms with E-state index < -0.39 is 4.92 Å². The number of carbonyl (C=O) groups is 1. The number of hydrogen-bond donors (Lipinski definition) is 2. The molecule has 0 saturated carbocycles. The van der Waals surface area contributed by atoms with Gasteiger partial charge in [0.15, 0.2) is 0 Å². The van der Waals surface area contributed by atoms with Crippen LogP contribution in [-0.4, -0.2) is 28.4 Å². The quantitative estimate of drug-likeness (QED) is 0.567. The van der Waals surface area contributed by atoms with Crippen molar-refractivity contribution in [2.45, 2.75) is 46.1 Å². The SMILES string of the molecule is CCCC(CC)NC(=O)c1cc([N+](=O)[O-])cnc1NCC. The Morgan fingerprint density at radius 1 is 1.43 bits per heavy atom. The largest absolute Gasteiger partial charge is 0.370 e. The van der Waals surface area contributed by atoms with Crippen molar-refractivity contribution in [1.29, 1.82) is 0 Å². The number of hydrogen-bond acceptors (Lipinski definition) is 5.